The molecule has 0 amide bonds. The van der Waals surface area contributed by atoms with Crippen molar-refractivity contribution >= 4 is 5.78 Å². The van der Waals surface area contributed by atoms with Crippen molar-refractivity contribution in [1.82, 2.24) is 4.98 Å². The highest BCUT2D eigenvalue weighted by Crippen LogP contribution is 2.15. The minimum absolute atomic E-state index is 0.102. The van der Waals surface area contributed by atoms with Gasteiger partial charge >= 0.3 is 0 Å². The summed E-state index contributed by atoms with van der Waals surface area (Å²) in [5, 5.41) is 0. The molecular weight excluding hydrogens is 198 g/mol. The van der Waals surface area contributed by atoms with Gasteiger partial charge in [0, 0.05) is 23.5 Å². The lowest BCUT2D eigenvalue weighted by atomic mass is 10.0. The molecule has 0 saturated carbocycles. The molecule has 0 atom stereocenters. The molecule has 0 aliphatic rings. The van der Waals surface area contributed by atoms with Gasteiger partial charge in [-0.1, -0.05) is 43.7 Å². The van der Waals surface area contributed by atoms with Crippen molar-refractivity contribution in [1.29, 1.82) is 0 Å². The highest BCUT2D eigenvalue weighted by molar-refractivity contribution is 6.09. The number of rotatable bonds is 4. The maximum Gasteiger partial charge on any atom is 0.194 e. The monoisotopic (exact) mass is 213 g/mol. The van der Waals surface area contributed by atoms with Crippen molar-refractivity contribution < 1.29 is 4.79 Å². The highest BCUT2D eigenvalue weighted by atomic mass is 16.1. The number of H-pyrrole nitrogens is 1. The predicted octanol–water partition coefficient (Wildman–Crippen LogP) is 3.20. The Hall–Kier alpha value is -1.83. The average molecular weight is 213 g/mol. The van der Waals surface area contributed by atoms with E-state index in [0.29, 0.717) is 0 Å². The van der Waals surface area contributed by atoms with Gasteiger partial charge in [0.1, 0.15) is 0 Å². The summed E-state index contributed by atoms with van der Waals surface area (Å²) in [6, 6.07) is 9.40. The van der Waals surface area contributed by atoms with Crippen LogP contribution in [-0.2, 0) is 6.42 Å². The van der Waals surface area contributed by atoms with Crippen LogP contribution in [0.15, 0.2) is 42.7 Å². The molecule has 0 unspecified atom stereocenters. The lowest BCUT2D eigenvalue weighted by Gasteiger charge is -2.01. The van der Waals surface area contributed by atoms with E-state index in [0.717, 1.165) is 29.5 Å². The molecule has 1 heterocycles. The summed E-state index contributed by atoms with van der Waals surface area (Å²) in [6.07, 6.45) is 5.70. The normalized spacial score (nSPS) is 10.3. The lowest BCUT2D eigenvalue weighted by Crippen LogP contribution is -2.02. The predicted molar refractivity (Wildman–Crippen MR) is 64.7 cm³/mol. The Labute approximate surface area is 95.3 Å². The zero-order chi connectivity index (χ0) is 11.4. The zero-order valence-corrected chi connectivity index (χ0v) is 9.36. The van der Waals surface area contributed by atoms with E-state index < -0.39 is 0 Å². The molecule has 82 valence electrons. The molecule has 2 aromatic rings. The highest BCUT2D eigenvalue weighted by Gasteiger charge is 2.13. The van der Waals surface area contributed by atoms with Gasteiger partial charge in [-0.3, -0.25) is 4.79 Å². The van der Waals surface area contributed by atoms with Crippen LogP contribution in [0.25, 0.3) is 0 Å². The van der Waals surface area contributed by atoms with Gasteiger partial charge in [0.15, 0.2) is 5.78 Å². The van der Waals surface area contributed by atoms with Crippen LogP contribution in [0.5, 0.6) is 0 Å². The summed E-state index contributed by atoms with van der Waals surface area (Å²) < 4.78 is 0. The van der Waals surface area contributed by atoms with Crippen LogP contribution in [0.4, 0.5) is 0 Å². The number of hydrogen-bond acceptors (Lipinski definition) is 1. The van der Waals surface area contributed by atoms with E-state index >= 15 is 0 Å². The van der Waals surface area contributed by atoms with Crippen molar-refractivity contribution in [3.05, 3.63) is 59.4 Å². The molecular formula is C14H15NO. The Morgan fingerprint density at radius 3 is 2.62 bits per heavy atom. The van der Waals surface area contributed by atoms with E-state index in [1.165, 1.54) is 0 Å². The van der Waals surface area contributed by atoms with Gasteiger partial charge < -0.3 is 4.98 Å². The summed E-state index contributed by atoms with van der Waals surface area (Å²) in [7, 11) is 0. The molecule has 0 aliphatic heterocycles. The molecule has 0 spiro atoms. The van der Waals surface area contributed by atoms with Crippen molar-refractivity contribution in [3.8, 4) is 0 Å². The Morgan fingerprint density at radius 1 is 1.19 bits per heavy atom. The molecule has 1 N–H and O–H groups in total. The van der Waals surface area contributed by atoms with Gasteiger partial charge in [-0.05, 0) is 12.0 Å². The molecule has 2 heteroatoms. The van der Waals surface area contributed by atoms with Gasteiger partial charge in [0.05, 0.1) is 0 Å². The van der Waals surface area contributed by atoms with Gasteiger partial charge in [-0.25, -0.2) is 0 Å². The number of aromatic amines is 1. The van der Waals surface area contributed by atoms with Crippen molar-refractivity contribution in [2.75, 3.05) is 0 Å². The van der Waals surface area contributed by atoms with Gasteiger partial charge in [0.25, 0.3) is 0 Å². The SMILES string of the molecule is CCCc1c[nH]cc1C(=O)c1ccccc1. The molecule has 0 aliphatic carbocycles. The van der Waals surface area contributed by atoms with Crippen LogP contribution in [0, 0.1) is 0 Å². The fourth-order valence-electron chi connectivity index (χ4n) is 1.83. The van der Waals surface area contributed by atoms with Crippen molar-refractivity contribution in [2.45, 2.75) is 19.8 Å². The largest absolute Gasteiger partial charge is 0.367 e. The van der Waals surface area contributed by atoms with E-state index in [-0.39, 0.29) is 5.78 Å². The number of carbonyl (C=O) groups is 1. The molecule has 0 bridgehead atoms. The first-order valence-electron chi connectivity index (χ1n) is 5.58. The number of benzene rings is 1. The van der Waals surface area contributed by atoms with Crippen LogP contribution >= 0.6 is 0 Å². The summed E-state index contributed by atoms with van der Waals surface area (Å²) >= 11 is 0. The van der Waals surface area contributed by atoms with Crippen LogP contribution in [0.1, 0.15) is 34.8 Å². The molecule has 0 radical (unpaired) electrons. The molecule has 0 saturated heterocycles. The van der Waals surface area contributed by atoms with Gasteiger partial charge in [-0.2, -0.15) is 0 Å². The van der Waals surface area contributed by atoms with Crippen LogP contribution in [0.3, 0.4) is 0 Å². The number of ketones is 1. The second-order valence-corrected chi connectivity index (χ2v) is 3.84. The second kappa shape index (κ2) is 4.79. The van der Waals surface area contributed by atoms with Gasteiger partial charge in [-0.15, -0.1) is 0 Å². The quantitative estimate of drug-likeness (QED) is 0.777. The van der Waals surface area contributed by atoms with E-state index in [4.69, 9.17) is 0 Å². The second-order valence-electron chi connectivity index (χ2n) is 3.84. The van der Waals surface area contributed by atoms with E-state index in [1.807, 2.05) is 36.5 Å². The third-order valence-electron chi connectivity index (χ3n) is 2.63. The molecule has 2 nitrogen and oxygen atoms in total. The third kappa shape index (κ3) is 2.06. The smallest absolute Gasteiger partial charge is 0.194 e. The Morgan fingerprint density at radius 2 is 1.94 bits per heavy atom. The zero-order valence-electron chi connectivity index (χ0n) is 9.36. The fraction of sp³-hybridized carbons (Fsp3) is 0.214. The Balaban J connectivity index is 2.31. The Kier molecular flexibility index (Phi) is 3.20. The maximum absolute atomic E-state index is 12.2. The van der Waals surface area contributed by atoms with E-state index in [2.05, 4.69) is 11.9 Å². The standard InChI is InChI=1S/C14H15NO/c1-2-6-12-9-15-10-13(12)14(16)11-7-4-3-5-8-11/h3-5,7-10,15H,2,6H2,1H3. The van der Waals surface area contributed by atoms with Crippen LogP contribution in [-0.4, -0.2) is 10.8 Å². The third-order valence-corrected chi connectivity index (χ3v) is 2.63. The first kappa shape index (κ1) is 10.7. The number of aryl methyl sites for hydroxylation is 1. The average Bonchev–Trinajstić information content (AvgIpc) is 2.78. The molecule has 1 aromatic carbocycles. The first-order valence-corrected chi connectivity index (χ1v) is 5.58. The van der Waals surface area contributed by atoms with Gasteiger partial charge in [0.2, 0.25) is 0 Å². The summed E-state index contributed by atoms with van der Waals surface area (Å²) in [5.41, 5.74) is 2.66. The van der Waals surface area contributed by atoms with Crippen molar-refractivity contribution in [3.63, 3.8) is 0 Å². The number of aromatic nitrogens is 1. The summed E-state index contributed by atoms with van der Waals surface area (Å²) in [6.45, 7) is 2.11. The van der Waals surface area contributed by atoms with E-state index in [9.17, 15) is 4.79 Å². The van der Waals surface area contributed by atoms with E-state index in [1.54, 1.807) is 6.20 Å². The van der Waals surface area contributed by atoms with Crippen molar-refractivity contribution in [2.24, 2.45) is 0 Å². The maximum atomic E-state index is 12.2. The lowest BCUT2D eigenvalue weighted by molar-refractivity contribution is 0.103. The first-order chi connectivity index (χ1) is 7.83. The summed E-state index contributed by atoms with van der Waals surface area (Å²) in [5.74, 6) is 0.102. The fourth-order valence-corrected chi connectivity index (χ4v) is 1.83. The molecule has 16 heavy (non-hydrogen) atoms. The number of nitrogens with one attached hydrogen (secondary N) is 1. The Bertz CT molecular complexity index is 470. The number of carbonyl (C=O) groups excluding carboxylic acids is 1. The minimum atomic E-state index is 0.102. The molecule has 1 aromatic heterocycles. The van der Waals surface area contributed by atoms with Crippen LogP contribution in [0.2, 0.25) is 0 Å². The summed E-state index contributed by atoms with van der Waals surface area (Å²) in [4.78, 5) is 15.2. The minimum Gasteiger partial charge on any atom is -0.367 e. The molecule has 2 rings (SSSR count). The van der Waals surface area contributed by atoms with Crippen LogP contribution < -0.4 is 0 Å². The molecule has 0 fully saturated rings. The topological polar surface area (TPSA) is 32.9 Å². The number of hydrogen-bond donors (Lipinski definition) is 1.